The van der Waals surface area contributed by atoms with Crippen LogP contribution in [0.25, 0.3) is 0 Å². The molecule has 1 aliphatic carbocycles. The summed E-state index contributed by atoms with van der Waals surface area (Å²) in [4.78, 5) is 11.7. The lowest BCUT2D eigenvalue weighted by Gasteiger charge is -2.21. The molecule has 16 heavy (non-hydrogen) atoms. The number of carbonyl (C=O) groups is 1. The number of aliphatic hydroxyl groups is 1. The second-order valence-corrected chi connectivity index (χ2v) is 4.82. The minimum atomic E-state index is 0.0959. The molecule has 0 spiro atoms. The molecule has 0 saturated carbocycles. The van der Waals surface area contributed by atoms with Crippen molar-refractivity contribution in [2.24, 2.45) is 11.8 Å². The first-order valence-electron chi connectivity index (χ1n) is 6.11. The fourth-order valence-electron chi connectivity index (χ4n) is 1.82. The van der Waals surface area contributed by atoms with E-state index in [1.165, 1.54) is 0 Å². The van der Waals surface area contributed by atoms with Crippen LogP contribution in [0.3, 0.4) is 0 Å². The number of carbonyl (C=O) groups excluding carboxylic acids is 1. The summed E-state index contributed by atoms with van der Waals surface area (Å²) >= 11 is 0. The summed E-state index contributed by atoms with van der Waals surface area (Å²) < 4.78 is 5.56. The van der Waals surface area contributed by atoms with Crippen molar-refractivity contribution in [2.45, 2.75) is 39.5 Å². The van der Waals surface area contributed by atoms with Gasteiger partial charge in [0.05, 0.1) is 12.4 Å². The molecule has 0 bridgehead atoms. The van der Waals surface area contributed by atoms with Crippen LogP contribution in [-0.4, -0.2) is 24.1 Å². The molecule has 3 heteroatoms. The highest BCUT2D eigenvalue weighted by atomic mass is 16.5. The Morgan fingerprint density at radius 1 is 1.56 bits per heavy atom. The SMILES string of the molecule is CC(C)COC1=CC(=O)C(CCCO)CC1. The molecule has 1 N–H and O–H groups in total. The Morgan fingerprint density at radius 3 is 2.88 bits per heavy atom. The van der Waals surface area contributed by atoms with Gasteiger partial charge in [-0.1, -0.05) is 13.8 Å². The standard InChI is InChI=1S/C13H22O3/c1-10(2)9-16-12-6-5-11(4-3-7-14)13(15)8-12/h8,10-11,14H,3-7,9H2,1-2H3. The van der Waals surface area contributed by atoms with Crippen LogP contribution < -0.4 is 0 Å². The van der Waals surface area contributed by atoms with E-state index in [2.05, 4.69) is 13.8 Å². The van der Waals surface area contributed by atoms with Crippen LogP contribution in [0.5, 0.6) is 0 Å². The van der Waals surface area contributed by atoms with Gasteiger partial charge in [0.2, 0.25) is 0 Å². The van der Waals surface area contributed by atoms with E-state index in [1.807, 2.05) is 0 Å². The Hall–Kier alpha value is -0.830. The molecule has 1 rings (SSSR count). The van der Waals surface area contributed by atoms with Gasteiger partial charge in [-0.15, -0.1) is 0 Å². The first-order valence-corrected chi connectivity index (χ1v) is 6.11. The largest absolute Gasteiger partial charge is 0.498 e. The van der Waals surface area contributed by atoms with E-state index in [1.54, 1.807) is 6.08 Å². The number of ether oxygens (including phenoxy) is 1. The smallest absolute Gasteiger partial charge is 0.162 e. The quantitative estimate of drug-likeness (QED) is 0.756. The molecule has 0 amide bonds. The lowest BCUT2D eigenvalue weighted by Crippen LogP contribution is -2.19. The third kappa shape index (κ3) is 4.35. The Kier molecular flexibility index (Phi) is 5.53. The average molecular weight is 226 g/mol. The Bertz CT molecular complexity index is 256. The summed E-state index contributed by atoms with van der Waals surface area (Å²) in [6.45, 7) is 5.04. The van der Waals surface area contributed by atoms with Gasteiger partial charge in [-0.3, -0.25) is 4.79 Å². The first kappa shape index (κ1) is 13.2. The number of allylic oxidation sites excluding steroid dienone is 2. The molecule has 92 valence electrons. The fraction of sp³-hybridized carbons (Fsp3) is 0.769. The highest BCUT2D eigenvalue weighted by Gasteiger charge is 2.22. The second kappa shape index (κ2) is 6.69. The van der Waals surface area contributed by atoms with E-state index >= 15 is 0 Å². The van der Waals surface area contributed by atoms with Gasteiger partial charge >= 0.3 is 0 Å². The van der Waals surface area contributed by atoms with Crippen LogP contribution in [0.1, 0.15) is 39.5 Å². The monoisotopic (exact) mass is 226 g/mol. The predicted molar refractivity (Wildman–Crippen MR) is 62.9 cm³/mol. The average Bonchev–Trinajstić information content (AvgIpc) is 2.25. The van der Waals surface area contributed by atoms with Crippen LogP contribution >= 0.6 is 0 Å². The molecule has 0 heterocycles. The Morgan fingerprint density at radius 2 is 2.31 bits per heavy atom. The zero-order chi connectivity index (χ0) is 12.0. The highest BCUT2D eigenvalue weighted by molar-refractivity contribution is 5.92. The van der Waals surface area contributed by atoms with Crippen molar-refractivity contribution in [1.29, 1.82) is 0 Å². The van der Waals surface area contributed by atoms with Crippen molar-refractivity contribution in [3.8, 4) is 0 Å². The molecule has 0 aromatic carbocycles. The van der Waals surface area contributed by atoms with Crippen LogP contribution in [0.2, 0.25) is 0 Å². The molecule has 1 aliphatic rings. The second-order valence-electron chi connectivity index (χ2n) is 4.82. The summed E-state index contributed by atoms with van der Waals surface area (Å²) in [6.07, 6.45) is 4.88. The van der Waals surface area contributed by atoms with Gasteiger partial charge < -0.3 is 9.84 Å². The van der Waals surface area contributed by atoms with Crippen LogP contribution in [0.4, 0.5) is 0 Å². The minimum absolute atomic E-state index is 0.0959. The summed E-state index contributed by atoms with van der Waals surface area (Å²) in [5.41, 5.74) is 0. The van der Waals surface area contributed by atoms with Crippen LogP contribution in [0.15, 0.2) is 11.8 Å². The Labute approximate surface area is 97.5 Å². The Balaban J connectivity index is 2.39. The maximum atomic E-state index is 11.7. The van der Waals surface area contributed by atoms with Crippen molar-refractivity contribution in [1.82, 2.24) is 0 Å². The first-order chi connectivity index (χ1) is 7.63. The third-order valence-electron chi connectivity index (χ3n) is 2.76. The van der Waals surface area contributed by atoms with Gasteiger partial charge in [-0.05, 0) is 25.2 Å². The van der Waals surface area contributed by atoms with Crippen LogP contribution in [0, 0.1) is 11.8 Å². The molecule has 0 aromatic heterocycles. The molecule has 3 nitrogen and oxygen atoms in total. The normalized spacial score (nSPS) is 21.1. The molecule has 1 unspecified atom stereocenters. The molecule has 1 atom stereocenters. The van der Waals surface area contributed by atoms with Gasteiger partial charge in [0, 0.05) is 25.0 Å². The van der Waals surface area contributed by atoms with E-state index in [9.17, 15) is 4.79 Å². The molecule has 0 saturated heterocycles. The van der Waals surface area contributed by atoms with Crippen molar-refractivity contribution >= 4 is 5.78 Å². The lowest BCUT2D eigenvalue weighted by atomic mass is 9.88. The zero-order valence-corrected chi connectivity index (χ0v) is 10.2. The molecule has 0 fully saturated rings. The van der Waals surface area contributed by atoms with Gasteiger partial charge in [0.15, 0.2) is 5.78 Å². The third-order valence-corrected chi connectivity index (χ3v) is 2.76. The summed E-state index contributed by atoms with van der Waals surface area (Å²) in [6, 6.07) is 0. The van der Waals surface area contributed by atoms with Gasteiger partial charge in [0.25, 0.3) is 0 Å². The zero-order valence-electron chi connectivity index (χ0n) is 10.2. The lowest BCUT2D eigenvalue weighted by molar-refractivity contribution is -0.119. The summed E-state index contributed by atoms with van der Waals surface area (Å²) in [5, 5.41) is 8.73. The van der Waals surface area contributed by atoms with E-state index in [-0.39, 0.29) is 18.3 Å². The maximum absolute atomic E-state index is 11.7. The van der Waals surface area contributed by atoms with Crippen molar-refractivity contribution < 1.29 is 14.6 Å². The molecular weight excluding hydrogens is 204 g/mol. The molecule has 0 aromatic rings. The van der Waals surface area contributed by atoms with Gasteiger partial charge in [-0.25, -0.2) is 0 Å². The van der Waals surface area contributed by atoms with Crippen molar-refractivity contribution in [3.05, 3.63) is 11.8 Å². The van der Waals surface area contributed by atoms with E-state index < -0.39 is 0 Å². The summed E-state index contributed by atoms with van der Waals surface area (Å²) in [5.74, 6) is 1.58. The maximum Gasteiger partial charge on any atom is 0.162 e. The van der Waals surface area contributed by atoms with Crippen LogP contribution in [-0.2, 0) is 9.53 Å². The van der Waals surface area contributed by atoms with Crippen molar-refractivity contribution in [3.63, 3.8) is 0 Å². The molecular formula is C13H22O3. The predicted octanol–water partition coefficient (Wildman–Crippen LogP) is 2.29. The van der Waals surface area contributed by atoms with E-state index in [4.69, 9.17) is 9.84 Å². The topological polar surface area (TPSA) is 46.5 Å². The van der Waals surface area contributed by atoms with E-state index in [0.717, 1.165) is 25.0 Å². The highest BCUT2D eigenvalue weighted by Crippen LogP contribution is 2.25. The fourth-order valence-corrected chi connectivity index (χ4v) is 1.82. The number of aliphatic hydroxyl groups excluding tert-OH is 1. The van der Waals surface area contributed by atoms with Crippen molar-refractivity contribution in [2.75, 3.05) is 13.2 Å². The number of hydrogen-bond acceptors (Lipinski definition) is 3. The molecule has 0 radical (unpaired) electrons. The number of hydrogen-bond donors (Lipinski definition) is 1. The van der Waals surface area contributed by atoms with Gasteiger partial charge in [0.1, 0.15) is 0 Å². The minimum Gasteiger partial charge on any atom is -0.498 e. The van der Waals surface area contributed by atoms with E-state index in [0.29, 0.717) is 18.9 Å². The van der Waals surface area contributed by atoms with Gasteiger partial charge in [-0.2, -0.15) is 0 Å². The number of ketones is 1. The number of rotatable bonds is 6. The molecule has 0 aliphatic heterocycles. The summed E-state index contributed by atoms with van der Waals surface area (Å²) in [7, 11) is 0.